The van der Waals surface area contributed by atoms with Gasteiger partial charge in [-0.15, -0.1) is 11.3 Å². The lowest BCUT2D eigenvalue weighted by Gasteiger charge is -2.10. The van der Waals surface area contributed by atoms with Crippen molar-refractivity contribution < 1.29 is 4.42 Å². The third-order valence-corrected chi connectivity index (χ3v) is 9.61. The van der Waals surface area contributed by atoms with Gasteiger partial charge in [-0.1, -0.05) is 115 Å². The van der Waals surface area contributed by atoms with E-state index in [0.717, 1.165) is 55.8 Å². The molecule has 0 radical (unpaired) electrons. The molecule has 9 rings (SSSR count). The van der Waals surface area contributed by atoms with E-state index in [0.29, 0.717) is 0 Å². The quantitative estimate of drug-likeness (QED) is 0.208. The average molecular weight is 581 g/mol. The summed E-state index contributed by atoms with van der Waals surface area (Å²) in [6.45, 7) is 0. The van der Waals surface area contributed by atoms with Gasteiger partial charge in [-0.2, -0.15) is 0 Å². The fourth-order valence-electron chi connectivity index (χ4n) is 6.20. The molecule has 0 saturated heterocycles. The highest BCUT2D eigenvalue weighted by Gasteiger charge is 2.18. The molecule has 3 nitrogen and oxygen atoms in total. The molecule has 3 aromatic heterocycles. The van der Waals surface area contributed by atoms with Crippen molar-refractivity contribution in [2.45, 2.75) is 0 Å². The molecular formula is C40H24N2OS. The molecule has 3 heterocycles. The van der Waals surface area contributed by atoms with Crippen LogP contribution in [0.25, 0.3) is 87.1 Å². The summed E-state index contributed by atoms with van der Waals surface area (Å²) in [6.07, 6.45) is 0. The second kappa shape index (κ2) is 10.0. The average Bonchev–Trinajstić information content (AvgIpc) is 3.67. The van der Waals surface area contributed by atoms with Crippen LogP contribution in [0.4, 0.5) is 0 Å². The van der Waals surface area contributed by atoms with Crippen LogP contribution in [0.2, 0.25) is 0 Å². The summed E-state index contributed by atoms with van der Waals surface area (Å²) in [5.74, 6) is 0.732. The van der Waals surface area contributed by atoms with E-state index in [1.54, 1.807) is 0 Å². The number of thiophene rings is 1. The Morgan fingerprint density at radius 3 is 1.68 bits per heavy atom. The van der Waals surface area contributed by atoms with Crippen molar-refractivity contribution in [3.63, 3.8) is 0 Å². The third-order valence-electron chi connectivity index (χ3n) is 8.32. The maximum atomic E-state index is 6.12. The maximum absolute atomic E-state index is 6.12. The van der Waals surface area contributed by atoms with Crippen LogP contribution in [0.15, 0.2) is 150 Å². The zero-order chi connectivity index (χ0) is 29.0. The standard InChI is InChI=1S/C40H24N2OS/c1-3-11-25(12-4-1)34-24-35(26-13-5-2-6-14-26)42-40(41-34)32-19-10-18-31-30-17-9-16-28(38(30)44-39(31)32)27-21-22-37-33(23-27)29-15-7-8-20-36(29)43-37/h1-24H. The van der Waals surface area contributed by atoms with Crippen molar-refractivity contribution in [2.75, 3.05) is 0 Å². The minimum absolute atomic E-state index is 0.732. The summed E-state index contributed by atoms with van der Waals surface area (Å²) < 4.78 is 8.56. The highest BCUT2D eigenvalue weighted by Crippen LogP contribution is 2.44. The summed E-state index contributed by atoms with van der Waals surface area (Å²) in [6, 6.07) is 50.7. The summed E-state index contributed by atoms with van der Waals surface area (Å²) in [5.41, 5.74) is 9.22. The Hall–Kier alpha value is -5.58. The third kappa shape index (κ3) is 4.03. The van der Waals surface area contributed by atoms with E-state index in [4.69, 9.17) is 14.4 Å². The highest BCUT2D eigenvalue weighted by molar-refractivity contribution is 7.26. The lowest BCUT2D eigenvalue weighted by atomic mass is 10.00. The van der Waals surface area contributed by atoms with Gasteiger partial charge in [-0.25, -0.2) is 9.97 Å². The molecule has 44 heavy (non-hydrogen) atoms. The van der Waals surface area contributed by atoms with Crippen LogP contribution in [-0.2, 0) is 0 Å². The zero-order valence-corrected chi connectivity index (χ0v) is 24.4. The first-order valence-electron chi connectivity index (χ1n) is 14.7. The van der Waals surface area contributed by atoms with Gasteiger partial charge in [0.1, 0.15) is 11.2 Å². The molecule has 6 aromatic carbocycles. The Morgan fingerprint density at radius 2 is 0.977 bits per heavy atom. The minimum atomic E-state index is 0.732. The van der Waals surface area contributed by atoms with E-state index in [1.165, 1.54) is 31.3 Å². The summed E-state index contributed by atoms with van der Waals surface area (Å²) in [4.78, 5) is 10.3. The summed E-state index contributed by atoms with van der Waals surface area (Å²) in [7, 11) is 0. The molecule has 0 aliphatic heterocycles. The number of fused-ring (bicyclic) bond motifs is 6. The number of hydrogen-bond donors (Lipinski definition) is 0. The molecular weight excluding hydrogens is 557 g/mol. The van der Waals surface area contributed by atoms with Crippen LogP contribution in [0.1, 0.15) is 0 Å². The van der Waals surface area contributed by atoms with Crippen molar-refractivity contribution >= 4 is 53.4 Å². The van der Waals surface area contributed by atoms with E-state index in [9.17, 15) is 0 Å². The van der Waals surface area contributed by atoms with E-state index in [-0.39, 0.29) is 0 Å². The van der Waals surface area contributed by atoms with Crippen LogP contribution in [0.3, 0.4) is 0 Å². The Bertz CT molecular complexity index is 2440. The molecule has 0 saturated carbocycles. The first-order chi connectivity index (χ1) is 21.8. The largest absolute Gasteiger partial charge is 0.456 e. The van der Waals surface area contributed by atoms with E-state index in [1.807, 2.05) is 35.6 Å². The van der Waals surface area contributed by atoms with E-state index in [2.05, 4.69) is 121 Å². The molecule has 206 valence electrons. The van der Waals surface area contributed by atoms with Gasteiger partial charge in [0.15, 0.2) is 5.82 Å². The van der Waals surface area contributed by atoms with Gasteiger partial charge in [-0.3, -0.25) is 0 Å². The van der Waals surface area contributed by atoms with Gasteiger partial charge in [0.2, 0.25) is 0 Å². The van der Waals surface area contributed by atoms with Gasteiger partial charge in [0.25, 0.3) is 0 Å². The SMILES string of the molecule is c1ccc(-c2cc(-c3ccccc3)nc(-c3cccc4c3sc3c(-c5ccc6oc7ccccc7c6c5)cccc34)n2)cc1. The van der Waals surface area contributed by atoms with Crippen molar-refractivity contribution in [3.8, 4) is 45.0 Å². The van der Waals surface area contributed by atoms with Crippen molar-refractivity contribution in [1.82, 2.24) is 9.97 Å². The highest BCUT2D eigenvalue weighted by atomic mass is 32.1. The first kappa shape index (κ1) is 25.0. The molecule has 0 aliphatic carbocycles. The van der Waals surface area contributed by atoms with Crippen LogP contribution in [0.5, 0.6) is 0 Å². The minimum Gasteiger partial charge on any atom is -0.456 e. The number of furan rings is 1. The predicted octanol–water partition coefficient (Wildman–Crippen LogP) is 11.4. The topological polar surface area (TPSA) is 38.9 Å². The number of para-hydroxylation sites is 1. The molecule has 0 fully saturated rings. The summed E-state index contributed by atoms with van der Waals surface area (Å²) in [5, 5.41) is 4.73. The van der Waals surface area contributed by atoms with E-state index >= 15 is 0 Å². The van der Waals surface area contributed by atoms with E-state index < -0.39 is 0 Å². The number of aromatic nitrogens is 2. The zero-order valence-electron chi connectivity index (χ0n) is 23.6. The second-order valence-electron chi connectivity index (χ2n) is 11.0. The fourth-order valence-corrected chi connectivity index (χ4v) is 7.54. The van der Waals surface area contributed by atoms with Gasteiger partial charge in [0.05, 0.1) is 11.4 Å². The number of rotatable bonds is 4. The molecule has 0 amide bonds. The second-order valence-corrected chi connectivity index (χ2v) is 12.0. The van der Waals surface area contributed by atoms with Crippen molar-refractivity contribution in [2.24, 2.45) is 0 Å². The smallest absolute Gasteiger partial charge is 0.161 e. The Labute approximate surface area is 257 Å². The van der Waals surface area contributed by atoms with Gasteiger partial charge in [-0.05, 0) is 41.5 Å². The molecule has 4 heteroatoms. The van der Waals surface area contributed by atoms with Crippen LogP contribution < -0.4 is 0 Å². The Kier molecular flexibility index (Phi) is 5.68. The molecule has 0 spiro atoms. The summed E-state index contributed by atoms with van der Waals surface area (Å²) >= 11 is 1.82. The molecule has 9 aromatic rings. The predicted molar refractivity (Wildman–Crippen MR) is 184 cm³/mol. The lowest BCUT2D eigenvalue weighted by molar-refractivity contribution is 0.669. The lowest BCUT2D eigenvalue weighted by Crippen LogP contribution is -1.95. The molecule has 0 aliphatic rings. The van der Waals surface area contributed by atoms with Crippen molar-refractivity contribution in [3.05, 3.63) is 146 Å². The monoisotopic (exact) mass is 580 g/mol. The molecule has 0 unspecified atom stereocenters. The number of hydrogen-bond acceptors (Lipinski definition) is 4. The normalized spacial score (nSPS) is 11.6. The molecule has 0 bridgehead atoms. The molecule has 0 atom stereocenters. The van der Waals surface area contributed by atoms with Gasteiger partial charge in [0, 0.05) is 47.6 Å². The Balaban J connectivity index is 1.26. The first-order valence-corrected chi connectivity index (χ1v) is 15.5. The maximum Gasteiger partial charge on any atom is 0.161 e. The number of benzene rings is 6. The van der Waals surface area contributed by atoms with Crippen LogP contribution >= 0.6 is 11.3 Å². The Morgan fingerprint density at radius 1 is 0.409 bits per heavy atom. The fraction of sp³-hybridized carbons (Fsp3) is 0. The number of nitrogens with zero attached hydrogens (tertiary/aromatic N) is 2. The van der Waals surface area contributed by atoms with Crippen molar-refractivity contribution in [1.29, 1.82) is 0 Å². The molecule has 0 N–H and O–H groups in total. The van der Waals surface area contributed by atoms with Crippen LogP contribution in [0, 0.1) is 0 Å². The van der Waals surface area contributed by atoms with Gasteiger partial charge < -0.3 is 4.42 Å². The van der Waals surface area contributed by atoms with Crippen LogP contribution in [-0.4, -0.2) is 9.97 Å². The van der Waals surface area contributed by atoms with Gasteiger partial charge >= 0.3 is 0 Å².